The normalized spacial score (nSPS) is 10.5. The van der Waals surface area contributed by atoms with Crippen LogP contribution in [0.25, 0.3) is 11.1 Å². The maximum atomic E-state index is 13.9. The highest BCUT2D eigenvalue weighted by atomic mass is 31.0. The Morgan fingerprint density at radius 1 is 0.938 bits per heavy atom. The quantitative estimate of drug-likeness (QED) is 0.665. The van der Waals surface area contributed by atoms with Crippen LogP contribution in [-0.2, 0) is 0 Å². The van der Waals surface area contributed by atoms with E-state index in [1.807, 2.05) is 0 Å². The second-order valence-corrected chi connectivity index (χ2v) is 4.21. The second-order valence-electron chi connectivity index (χ2n) is 3.64. The lowest BCUT2D eigenvalue weighted by Crippen LogP contribution is -2.03. The van der Waals surface area contributed by atoms with Crippen LogP contribution in [0.4, 0.5) is 8.78 Å². The molecular weight excluding hydrogens is 225 g/mol. The molecule has 0 saturated heterocycles. The molecule has 2 aromatic carbocycles. The molecule has 0 aromatic heterocycles. The Bertz CT molecular complexity index is 486. The zero-order valence-electron chi connectivity index (χ0n) is 8.80. The van der Waals surface area contributed by atoms with Crippen molar-refractivity contribution in [1.82, 2.24) is 0 Å². The van der Waals surface area contributed by atoms with Gasteiger partial charge in [-0.15, -0.1) is 9.24 Å². The fourth-order valence-electron chi connectivity index (χ4n) is 1.63. The Labute approximate surface area is 95.5 Å². The first-order valence-electron chi connectivity index (χ1n) is 4.90. The van der Waals surface area contributed by atoms with Gasteiger partial charge in [-0.1, -0.05) is 30.3 Å². The third-order valence-electron chi connectivity index (χ3n) is 2.53. The summed E-state index contributed by atoms with van der Waals surface area (Å²) in [5.74, 6) is -0.639. The van der Waals surface area contributed by atoms with Gasteiger partial charge >= 0.3 is 0 Å². The second kappa shape index (κ2) is 4.31. The Hall–Kier alpha value is -1.27. The lowest BCUT2D eigenvalue weighted by Gasteiger charge is -2.09. The molecule has 16 heavy (non-hydrogen) atoms. The average molecular weight is 236 g/mol. The number of rotatable bonds is 1. The van der Waals surface area contributed by atoms with Crippen LogP contribution >= 0.6 is 9.24 Å². The van der Waals surface area contributed by atoms with E-state index in [0.717, 1.165) is 0 Å². The topological polar surface area (TPSA) is 0 Å². The molecule has 0 nitrogen and oxygen atoms in total. The van der Waals surface area contributed by atoms with Crippen molar-refractivity contribution in [3.63, 3.8) is 0 Å². The first kappa shape index (κ1) is 11.2. The minimum Gasteiger partial charge on any atom is -0.206 e. The fourth-order valence-corrected chi connectivity index (χ4v) is 1.98. The van der Waals surface area contributed by atoms with Crippen molar-refractivity contribution in [2.75, 3.05) is 0 Å². The summed E-state index contributed by atoms with van der Waals surface area (Å²) in [6.45, 7) is 1.70. The van der Waals surface area contributed by atoms with Crippen molar-refractivity contribution >= 4 is 14.5 Å². The minimum atomic E-state index is -0.344. The molecule has 0 amide bonds. The molecule has 1 unspecified atom stereocenters. The van der Waals surface area contributed by atoms with Gasteiger partial charge in [0.05, 0.1) is 0 Å². The molecule has 0 aliphatic heterocycles. The summed E-state index contributed by atoms with van der Waals surface area (Å²) >= 11 is 0. The van der Waals surface area contributed by atoms with E-state index in [4.69, 9.17) is 0 Å². The summed E-state index contributed by atoms with van der Waals surface area (Å²) in [7, 11) is 2.31. The average Bonchev–Trinajstić information content (AvgIpc) is 2.27. The smallest absolute Gasteiger partial charge is 0.133 e. The predicted octanol–water partition coefficient (Wildman–Crippen LogP) is 3.44. The van der Waals surface area contributed by atoms with E-state index in [9.17, 15) is 8.78 Å². The van der Waals surface area contributed by atoms with Crippen LogP contribution < -0.4 is 5.30 Å². The number of benzene rings is 2. The van der Waals surface area contributed by atoms with Gasteiger partial charge in [-0.05, 0) is 24.1 Å². The monoisotopic (exact) mass is 236 g/mol. The SMILES string of the molecule is Cc1cccc(-c2cccc(F)c2P)c1F. The first-order valence-corrected chi connectivity index (χ1v) is 5.48. The molecular formula is C13H11F2P. The maximum Gasteiger partial charge on any atom is 0.133 e. The van der Waals surface area contributed by atoms with Gasteiger partial charge in [-0.2, -0.15) is 0 Å². The third-order valence-corrected chi connectivity index (χ3v) is 3.12. The van der Waals surface area contributed by atoms with Gasteiger partial charge in [0.2, 0.25) is 0 Å². The molecule has 3 heteroatoms. The van der Waals surface area contributed by atoms with Crippen LogP contribution in [0.15, 0.2) is 36.4 Å². The van der Waals surface area contributed by atoms with E-state index < -0.39 is 0 Å². The molecule has 0 heterocycles. The van der Waals surface area contributed by atoms with Crippen LogP contribution in [0.3, 0.4) is 0 Å². The van der Waals surface area contributed by atoms with Crippen molar-refractivity contribution in [3.8, 4) is 11.1 Å². The molecule has 0 radical (unpaired) electrons. The minimum absolute atomic E-state index is 0.295. The highest BCUT2D eigenvalue weighted by molar-refractivity contribution is 7.28. The number of hydrogen-bond donors (Lipinski definition) is 0. The van der Waals surface area contributed by atoms with E-state index in [2.05, 4.69) is 9.24 Å². The number of hydrogen-bond acceptors (Lipinski definition) is 0. The zero-order chi connectivity index (χ0) is 11.7. The summed E-state index contributed by atoms with van der Waals surface area (Å²) in [5, 5.41) is 0.395. The van der Waals surface area contributed by atoms with Gasteiger partial charge < -0.3 is 0 Å². The molecule has 82 valence electrons. The van der Waals surface area contributed by atoms with E-state index >= 15 is 0 Å². The van der Waals surface area contributed by atoms with Gasteiger partial charge in [-0.25, -0.2) is 8.78 Å². The van der Waals surface area contributed by atoms with Crippen LogP contribution in [0.5, 0.6) is 0 Å². The summed E-state index contributed by atoms with van der Waals surface area (Å²) in [4.78, 5) is 0. The molecule has 0 bridgehead atoms. The van der Waals surface area contributed by atoms with Crippen molar-refractivity contribution in [1.29, 1.82) is 0 Å². The number of halogens is 2. The van der Waals surface area contributed by atoms with E-state index in [1.165, 1.54) is 6.07 Å². The van der Waals surface area contributed by atoms with Crippen molar-refractivity contribution < 1.29 is 8.78 Å². The third kappa shape index (κ3) is 1.85. The molecule has 2 rings (SSSR count). The van der Waals surface area contributed by atoms with E-state index in [-0.39, 0.29) is 11.6 Å². The van der Waals surface area contributed by atoms with Crippen molar-refractivity contribution in [3.05, 3.63) is 53.6 Å². The highest BCUT2D eigenvalue weighted by Gasteiger charge is 2.11. The van der Waals surface area contributed by atoms with Crippen LogP contribution in [0.1, 0.15) is 5.56 Å². The molecule has 0 N–H and O–H groups in total. The molecule has 0 aliphatic carbocycles. The molecule has 0 saturated carbocycles. The zero-order valence-corrected chi connectivity index (χ0v) is 9.95. The largest absolute Gasteiger partial charge is 0.206 e. The summed E-state index contributed by atoms with van der Waals surface area (Å²) in [6, 6.07) is 9.77. The van der Waals surface area contributed by atoms with Crippen LogP contribution in [-0.4, -0.2) is 0 Å². The number of aryl methyl sites for hydroxylation is 1. The van der Waals surface area contributed by atoms with Gasteiger partial charge in [0.25, 0.3) is 0 Å². The van der Waals surface area contributed by atoms with Gasteiger partial charge in [-0.3, -0.25) is 0 Å². The molecule has 2 aromatic rings. The molecule has 0 aliphatic rings. The van der Waals surface area contributed by atoms with Crippen LogP contribution in [0.2, 0.25) is 0 Å². The predicted molar refractivity (Wildman–Crippen MR) is 65.9 cm³/mol. The Balaban J connectivity index is 2.68. The van der Waals surface area contributed by atoms with Crippen LogP contribution in [0, 0.1) is 18.6 Å². The Morgan fingerprint density at radius 3 is 2.31 bits per heavy atom. The standard InChI is InChI=1S/C13H11F2P/c1-8-4-2-5-9(12(8)15)10-6-3-7-11(14)13(10)16/h2-7H,16H2,1H3. The first-order chi connectivity index (χ1) is 7.61. The summed E-state index contributed by atoms with van der Waals surface area (Å²) in [5.41, 5.74) is 1.57. The summed E-state index contributed by atoms with van der Waals surface area (Å²) < 4.78 is 27.2. The van der Waals surface area contributed by atoms with E-state index in [0.29, 0.717) is 22.0 Å². The molecule has 0 fully saturated rings. The van der Waals surface area contributed by atoms with Crippen molar-refractivity contribution in [2.45, 2.75) is 6.92 Å². The maximum absolute atomic E-state index is 13.9. The Kier molecular flexibility index (Phi) is 3.02. The van der Waals surface area contributed by atoms with Crippen molar-refractivity contribution in [2.24, 2.45) is 0 Å². The fraction of sp³-hybridized carbons (Fsp3) is 0.0769. The lowest BCUT2D eigenvalue weighted by atomic mass is 10.0. The Morgan fingerprint density at radius 2 is 1.56 bits per heavy atom. The summed E-state index contributed by atoms with van der Waals surface area (Å²) in [6.07, 6.45) is 0. The van der Waals surface area contributed by atoms with Gasteiger partial charge in [0.15, 0.2) is 0 Å². The lowest BCUT2D eigenvalue weighted by molar-refractivity contribution is 0.621. The highest BCUT2D eigenvalue weighted by Crippen LogP contribution is 2.25. The molecule has 0 spiro atoms. The van der Waals surface area contributed by atoms with E-state index in [1.54, 1.807) is 37.3 Å². The van der Waals surface area contributed by atoms with Gasteiger partial charge in [0, 0.05) is 10.9 Å². The molecule has 1 atom stereocenters. The van der Waals surface area contributed by atoms with Gasteiger partial charge in [0.1, 0.15) is 11.6 Å².